The Hall–Kier alpha value is -3.49. The van der Waals surface area contributed by atoms with E-state index >= 15 is 0 Å². The molecule has 3 rings (SSSR count). The smallest absolute Gasteiger partial charge is 0.280 e. The Kier molecular flexibility index (Phi) is 4.78. The van der Waals surface area contributed by atoms with Crippen molar-refractivity contribution in [3.05, 3.63) is 67.1 Å². The summed E-state index contributed by atoms with van der Waals surface area (Å²) < 4.78 is 0. The van der Waals surface area contributed by atoms with Crippen molar-refractivity contribution in [1.82, 2.24) is 10.4 Å². The van der Waals surface area contributed by atoms with Gasteiger partial charge in [0.2, 0.25) is 0 Å². The summed E-state index contributed by atoms with van der Waals surface area (Å²) in [6.07, 6.45) is 4.12. The third-order valence-corrected chi connectivity index (χ3v) is 4.21. The van der Waals surface area contributed by atoms with Gasteiger partial charge in [-0.1, -0.05) is 12.1 Å². The molecule has 9 heteroatoms. The molecule has 3 N–H and O–H groups in total. The van der Waals surface area contributed by atoms with Gasteiger partial charge in [-0.25, -0.2) is 5.43 Å². The molecule has 0 atom stereocenters. The van der Waals surface area contributed by atoms with Gasteiger partial charge in [0, 0.05) is 17.3 Å². The van der Waals surface area contributed by atoms with Gasteiger partial charge in [0.25, 0.3) is 17.2 Å². The lowest BCUT2D eigenvalue weighted by atomic mass is 9.94. The second-order valence-corrected chi connectivity index (χ2v) is 5.86. The highest BCUT2D eigenvalue weighted by molar-refractivity contribution is 5.97. The molecule has 9 nitrogen and oxygen atoms in total. The largest absolute Gasteiger partial charge is 0.507 e. The monoisotopic (exact) mass is 356 g/mol. The molecule has 0 unspecified atom stereocenters. The number of nitrogens with zero attached hydrogens (tertiary/aromatic N) is 2. The van der Waals surface area contributed by atoms with Gasteiger partial charge in [-0.3, -0.25) is 19.7 Å². The molecule has 1 heterocycles. The molecule has 0 radical (unpaired) electrons. The minimum atomic E-state index is -0.882. The number of hydrogen-bond donors (Lipinski definition) is 3. The first-order valence-electron chi connectivity index (χ1n) is 8.03. The van der Waals surface area contributed by atoms with Crippen LogP contribution in [-0.4, -0.2) is 27.1 Å². The molecule has 0 spiro atoms. The Morgan fingerprint density at radius 2 is 2.04 bits per heavy atom. The van der Waals surface area contributed by atoms with Crippen molar-refractivity contribution in [1.29, 1.82) is 0 Å². The summed E-state index contributed by atoms with van der Waals surface area (Å²) in [6.45, 7) is 0. The highest BCUT2D eigenvalue weighted by atomic mass is 16.6. The van der Waals surface area contributed by atoms with Crippen LogP contribution in [0.2, 0.25) is 0 Å². The zero-order valence-corrected chi connectivity index (χ0v) is 13.7. The fourth-order valence-corrected chi connectivity index (χ4v) is 2.95. The maximum absolute atomic E-state index is 12.2. The number of pyridine rings is 1. The van der Waals surface area contributed by atoms with Crippen LogP contribution in [0.15, 0.2) is 34.2 Å². The second-order valence-electron chi connectivity index (χ2n) is 5.86. The van der Waals surface area contributed by atoms with E-state index in [2.05, 4.69) is 15.5 Å². The van der Waals surface area contributed by atoms with E-state index in [4.69, 9.17) is 0 Å². The van der Waals surface area contributed by atoms with E-state index in [9.17, 15) is 24.8 Å². The number of amides is 1. The standard InChI is InChI=1S/C17H16N4O5/c22-15-11-6-2-3-7-12(11)19-16(23)14(15)17(24)20-18-9-10-5-1-4-8-13(10)21(25)26/h1,4-5,8-9H,2-3,6-7H2,(H,20,24)(H2,19,22,23)/b18-9-. The fourth-order valence-electron chi connectivity index (χ4n) is 2.95. The number of rotatable bonds is 4. The molecule has 1 aliphatic carbocycles. The molecule has 1 aliphatic rings. The van der Waals surface area contributed by atoms with E-state index in [1.54, 1.807) is 6.07 Å². The van der Waals surface area contributed by atoms with Crippen LogP contribution >= 0.6 is 0 Å². The predicted octanol–water partition coefficient (Wildman–Crippen LogP) is 1.63. The molecule has 2 aromatic rings. The molecule has 1 aromatic heterocycles. The Balaban J connectivity index is 1.84. The van der Waals surface area contributed by atoms with Crippen LogP contribution < -0.4 is 11.0 Å². The number of fused-ring (bicyclic) bond motifs is 1. The normalized spacial score (nSPS) is 13.4. The van der Waals surface area contributed by atoms with E-state index < -0.39 is 22.0 Å². The second kappa shape index (κ2) is 7.18. The summed E-state index contributed by atoms with van der Waals surface area (Å²) >= 11 is 0. The molecule has 134 valence electrons. The van der Waals surface area contributed by atoms with Gasteiger partial charge in [-0.2, -0.15) is 5.10 Å². The van der Waals surface area contributed by atoms with Crippen molar-refractivity contribution >= 4 is 17.8 Å². The summed E-state index contributed by atoms with van der Waals surface area (Å²) in [5.41, 5.74) is 2.28. The molecule has 0 saturated heterocycles. The molecule has 0 bridgehead atoms. The number of hydrogen-bond acceptors (Lipinski definition) is 6. The SMILES string of the molecule is O=C(N/N=C\c1ccccc1[N+](=O)[O-])c1c(O)c2c([nH]c1=O)CCCC2. The number of benzene rings is 1. The van der Waals surface area contributed by atoms with E-state index in [1.165, 1.54) is 18.2 Å². The number of carbonyl (C=O) groups excluding carboxylic acids is 1. The maximum atomic E-state index is 12.2. The van der Waals surface area contributed by atoms with Crippen molar-refractivity contribution in [2.75, 3.05) is 0 Å². The Morgan fingerprint density at radius 1 is 1.31 bits per heavy atom. The number of nitrogens with one attached hydrogen (secondary N) is 2. The summed E-state index contributed by atoms with van der Waals surface area (Å²) in [6, 6.07) is 5.88. The van der Waals surface area contributed by atoms with Gasteiger partial charge in [-0.05, 0) is 31.7 Å². The number of aromatic hydroxyl groups is 1. The Morgan fingerprint density at radius 3 is 2.81 bits per heavy atom. The molecule has 1 amide bonds. The summed E-state index contributed by atoms with van der Waals surface area (Å²) in [5, 5.41) is 24.9. The van der Waals surface area contributed by atoms with Crippen LogP contribution in [0.5, 0.6) is 5.75 Å². The van der Waals surface area contributed by atoms with Crippen molar-refractivity contribution < 1.29 is 14.8 Å². The number of H-pyrrole nitrogens is 1. The zero-order valence-electron chi connectivity index (χ0n) is 13.7. The number of aromatic amines is 1. The topological polar surface area (TPSA) is 138 Å². The van der Waals surface area contributed by atoms with Crippen LogP contribution in [-0.2, 0) is 12.8 Å². The van der Waals surface area contributed by atoms with Crippen molar-refractivity contribution in [3.63, 3.8) is 0 Å². The predicted molar refractivity (Wildman–Crippen MR) is 93.5 cm³/mol. The van der Waals surface area contributed by atoms with Gasteiger partial charge >= 0.3 is 0 Å². The Labute approximate surface area is 147 Å². The quantitative estimate of drug-likeness (QED) is 0.434. The van der Waals surface area contributed by atoms with Crippen molar-refractivity contribution in [2.45, 2.75) is 25.7 Å². The van der Waals surface area contributed by atoms with Crippen LogP contribution in [0, 0.1) is 10.1 Å². The summed E-state index contributed by atoms with van der Waals surface area (Å²) in [4.78, 5) is 37.4. The molecule has 26 heavy (non-hydrogen) atoms. The zero-order chi connectivity index (χ0) is 18.7. The highest BCUT2D eigenvalue weighted by Crippen LogP contribution is 2.28. The Bertz CT molecular complexity index is 964. The summed E-state index contributed by atoms with van der Waals surface area (Å²) in [7, 11) is 0. The third kappa shape index (κ3) is 3.32. The van der Waals surface area contributed by atoms with Crippen LogP contribution in [0.1, 0.15) is 40.0 Å². The van der Waals surface area contributed by atoms with Gasteiger partial charge in [0.15, 0.2) is 0 Å². The average Bonchev–Trinajstić information content (AvgIpc) is 2.62. The van der Waals surface area contributed by atoms with Crippen molar-refractivity contribution in [3.8, 4) is 5.75 Å². The van der Waals surface area contributed by atoms with Gasteiger partial charge < -0.3 is 10.1 Å². The van der Waals surface area contributed by atoms with Crippen LogP contribution in [0.25, 0.3) is 0 Å². The first kappa shape index (κ1) is 17.3. The van der Waals surface area contributed by atoms with E-state index in [-0.39, 0.29) is 17.0 Å². The average molecular weight is 356 g/mol. The van der Waals surface area contributed by atoms with Gasteiger partial charge in [0.1, 0.15) is 11.3 Å². The molecule has 0 saturated carbocycles. The number of aryl methyl sites for hydroxylation is 1. The number of nitro groups is 1. The number of nitro benzene ring substituents is 1. The first-order valence-corrected chi connectivity index (χ1v) is 8.03. The first-order chi connectivity index (χ1) is 12.5. The fraction of sp³-hybridized carbons (Fsp3) is 0.235. The molecule has 1 aromatic carbocycles. The third-order valence-electron chi connectivity index (χ3n) is 4.21. The summed E-state index contributed by atoms with van der Waals surface area (Å²) in [5.74, 6) is -1.21. The van der Waals surface area contributed by atoms with E-state index in [0.717, 1.165) is 19.1 Å². The molecular weight excluding hydrogens is 340 g/mol. The van der Waals surface area contributed by atoms with Gasteiger partial charge in [-0.15, -0.1) is 0 Å². The van der Waals surface area contributed by atoms with Gasteiger partial charge in [0.05, 0.1) is 16.7 Å². The minimum Gasteiger partial charge on any atom is -0.507 e. The van der Waals surface area contributed by atoms with Crippen LogP contribution in [0.4, 0.5) is 5.69 Å². The van der Waals surface area contributed by atoms with E-state index in [0.29, 0.717) is 24.1 Å². The minimum absolute atomic E-state index is 0.167. The van der Waals surface area contributed by atoms with Crippen molar-refractivity contribution in [2.24, 2.45) is 5.10 Å². The lowest BCUT2D eigenvalue weighted by molar-refractivity contribution is -0.385. The number of hydrazone groups is 1. The molecule has 0 aliphatic heterocycles. The molecule has 0 fully saturated rings. The maximum Gasteiger partial charge on any atom is 0.280 e. The molecular formula is C17H16N4O5. The lowest BCUT2D eigenvalue weighted by Gasteiger charge is -2.17. The lowest BCUT2D eigenvalue weighted by Crippen LogP contribution is -2.29. The van der Waals surface area contributed by atoms with E-state index in [1.807, 2.05) is 0 Å². The number of para-hydroxylation sites is 1. The number of aromatic nitrogens is 1. The van der Waals surface area contributed by atoms with Crippen LogP contribution in [0.3, 0.4) is 0 Å². The highest BCUT2D eigenvalue weighted by Gasteiger charge is 2.23. The number of carbonyl (C=O) groups is 1.